The van der Waals surface area contributed by atoms with Gasteiger partial charge in [0.25, 0.3) is 0 Å². The van der Waals surface area contributed by atoms with Gasteiger partial charge < -0.3 is 4.74 Å². The number of carbonyl (C=O) groups is 1. The van der Waals surface area contributed by atoms with Gasteiger partial charge in [-0.15, -0.1) is 0 Å². The Morgan fingerprint density at radius 2 is 2.00 bits per heavy atom. The van der Waals surface area contributed by atoms with Crippen LogP contribution in [0, 0.1) is 5.92 Å². The van der Waals surface area contributed by atoms with Gasteiger partial charge in [0.15, 0.2) is 6.04 Å². The van der Waals surface area contributed by atoms with E-state index in [9.17, 15) is 18.0 Å². The van der Waals surface area contributed by atoms with Gasteiger partial charge in [0, 0.05) is 18.5 Å². The minimum absolute atomic E-state index is 0.0119. The highest BCUT2D eigenvalue weighted by Crippen LogP contribution is 2.41. The van der Waals surface area contributed by atoms with E-state index in [1.807, 2.05) is 13.8 Å². The number of ether oxygens (including phenoxy) is 1. The molecule has 4 nitrogen and oxygen atoms in total. The number of amides is 1. The molecule has 0 radical (unpaired) electrons. The summed E-state index contributed by atoms with van der Waals surface area (Å²) in [5.74, 6) is -0.0154. The van der Waals surface area contributed by atoms with Crippen molar-refractivity contribution in [3.05, 3.63) is 29.8 Å². The van der Waals surface area contributed by atoms with E-state index in [4.69, 9.17) is 4.74 Å². The molecule has 0 spiro atoms. The molecule has 1 aromatic rings. The molecule has 1 amide bonds. The second kappa shape index (κ2) is 6.56. The summed E-state index contributed by atoms with van der Waals surface area (Å²) >= 11 is 0. The van der Waals surface area contributed by atoms with E-state index in [1.165, 1.54) is 18.2 Å². The molecule has 1 aliphatic rings. The predicted octanol–water partition coefficient (Wildman–Crippen LogP) is 3.06. The molecule has 0 saturated carbocycles. The van der Waals surface area contributed by atoms with E-state index in [1.54, 1.807) is 6.07 Å². The molecular weight excluding hydrogens is 297 g/mol. The lowest BCUT2D eigenvalue weighted by Gasteiger charge is -2.30. The molecule has 122 valence electrons. The van der Waals surface area contributed by atoms with Gasteiger partial charge in [0.2, 0.25) is 5.91 Å². The van der Waals surface area contributed by atoms with Crippen LogP contribution in [-0.4, -0.2) is 30.2 Å². The van der Waals surface area contributed by atoms with Crippen LogP contribution < -0.4 is 10.2 Å². The number of hydrazine groups is 1. The molecular formula is C15H19F3N2O2. The van der Waals surface area contributed by atoms with Crippen LogP contribution in [0.25, 0.3) is 0 Å². The second-order valence-corrected chi connectivity index (χ2v) is 5.67. The highest BCUT2D eigenvalue weighted by atomic mass is 19.4. The van der Waals surface area contributed by atoms with Gasteiger partial charge in [-0.1, -0.05) is 32.0 Å². The van der Waals surface area contributed by atoms with Crippen LogP contribution in [0.4, 0.5) is 13.2 Å². The molecule has 1 N–H and O–H groups in total. The SMILES string of the molecule is CC(C)COc1ccccc1C(N1CCC(=O)N1)C(F)(F)F. The number of benzene rings is 1. The fourth-order valence-electron chi connectivity index (χ4n) is 2.30. The Kier molecular flexibility index (Phi) is 4.95. The highest BCUT2D eigenvalue weighted by Gasteiger charge is 2.48. The third kappa shape index (κ3) is 3.91. The quantitative estimate of drug-likeness (QED) is 0.908. The summed E-state index contributed by atoms with van der Waals surface area (Å²) in [7, 11) is 0. The summed E-state index contributed by atoms with van der Waals surface area (Å²) in [5.41, 5.74) is 2.28. The van der Waals surface area contributed by atoms with E-state index in [0.29, 0.717) is 6.61 Å². The summed E-state index contributed by atoms with van der Waals surface area (Å²) in [6, 6.07) is 4.16. The van der Waals surface area contributed by atoms with Crippen molar-refractivity contribution in [1.82, 2.24) is 10.4 Å². The van der Waals surface area contributed by atoms with E-state index in [-0.39, 0.29) is 30.2 Å². The molecule has 0 aromatic heterocycles. The van der Waals surface area contributed by atoms with E-state index < -0.39 is 18.1 Å². The zero-order chi connectivity index (χ0) is 16.3. The summed E-state index contributed by atoms with van der Waals surface area (Å²) < 4.78 is 46.1. The van der Waals surface area contributed by atoms with E-state index in [2.05, 4.69) is 5.43 Å². The molecule has 1 saturated heterocycles. The third-order valence-corrected chi connectivity index (χ3v) is 3.26. The largest absolute Gasteiger partial charge is 0.493 e. The van der Waals surface area contributed by atoms with E-state index >= 15 is 0 Å². The van der Waals surface area contributed by atoms with Gasteiger partial charge in [-0.05, 0) is 12.0 Å². The van der Waals surface area contributed by atoms with Gasteiger partial charge in [-0.3, -0.25) is 10.2 Å². The van der Waals surface area contributed by atoms with Crippen molar-refractivity contribution in [1.29, 1.82) is 0 Å². The maximum Gasteiger partial charge on any atom is 0.410 e. The Bertz CT molecular complexity index is 532. The van der Waals surface area contributed by atoms with Gasteiger partial charge in [0.05, 0.1) is 6.61 Å². The minimum atomic E-state index is -4.52. The topological polar surface area (TPSA) is 41.6 Å². The van der Waals surface area contributed by atoms with Crippen molar-refractivity contribution in [2.45, 2.75) is 32.5 Å². The van der Waals surface area contributed by atoms with Crippen molar-refractivity contribution in [3.8, 4) is 5.75 Å². The number of rotatable bonds is 5. The summed E-state index contributed by atoms with van der Waals surface area (Å²) in [6.45, 7) is 4.19. The first-order chi connectivity index (χ1) is 10.3. The highest BCUT2D eigenvalue weighted by molar-refractivity contribution is 5.77. The molecule has 1 aliphatic heterocycles. The summed E-state index contributed by atoms with van der Waals surface area (Å²) in [4.78, 5) is 11.3. The van der Waals surface area contributed by atoms with E-state index in [0.717, 1.165) is 5.01 Å². The first kappa shape index (κ1) is 16.6. The van der Waals surface area contributed by atoms with Gasteiger partial charge in [0.1, 0.15) is 5.75 Å². The number of para-hydroxylation sites is 1. The number of nitrogens with one attached hydrogen (secondary N) is 1. The Morgan fingerprint density at radius 3 is 2.55 bits per heavy atom. The molecule has 22 heavy (non-hydrogen) atoms. The molecule has 7 heteroatoms. The fourth-order valence-corrected chi connectivity index (χ4v) is 2.30. The number of carbonyl (C=O) groups excluding carboxylic acids is 1. The number of hydrogen-bond acceptors (Lipinski definition) is 3. The summed E-state index contributed by atoms with van der Waals surface area (Å²) in [6.07, 6.45) is -4.46. The van der Waals surface area contributed by atoms with Crippen LogP contribution >= 0.6 is 0 Å². The minimum Gasteiger partial charge on any atom is -0.493 e. The summed E-state index contributed by atoms with van der Waals surface area (Å²) in [5, 5.41) is 0.930. The normalized spacial score (nSPS) is 17.6. The zero-order valence-corrected chi connectivity index (χ0v) is 12.5. The monoisotopic (exact) mass is 316 g/mol. The molecule has 1 aromatic carbocycles. The van der Waals surface area contributed by atoms with Crippen LogP contribution in [0.5, 0.6) is 5.75 Å². The van der Waals surface area contributed by atoms with Gasteiger partial charge in [-0.25, -0.2) is 5.01 Å². The van der Waals surface area contributed by atoms with Gasteiger partial charge >= 0.3 is 6.18 Å². The van der Waals surface area contributed by atoms with Crippen molar-refractivity contribution in [2.75, 3.05) is 13.2 Å². The molecule has 2 rings (SSSR count). The van der Waals surface area contributed by atoms with Crippen LogP contribution in [0.1, 0.15) is 31.9 Å². The first-order valence-electron chi connectivity index (χ1n) is 7.13. The second-order valence-electron chi connectivity index (χ2n) is 5.67. The zero-order valence-electron chi connectivity index (χ0n) is 12.5. The lowest BCUT2D eigenvalue weighted by molar-refractivity contribution is -0.191. The Balaban J connectivity index is 2.33. The lowest BCUT2D eigenvalue weighted by atomic mass is 10.0. The van der Waals surface area contributed by atoms with Crippen molar-refractivity contribution in [2.24, 2.45) is 5.92 Å². The fraction of sp³-hybridized carbons (Fsp3) is 0.533. The number of alkyl halides is 3. The number of hydrogen-bond donors (Lipinski definition) is 1. The molecule has 0 aliphatic carbocycles. The maximum absolute atomic E-state index is 13.5. The lowest BCUT2D eigenvalue weighted by Crippen LogP contribution is -2.43. The Hall–Kier alpha value is -1.76. The maximum atomic E-state index is 13.5. The molecule has 1 unspecified atom stereocenters. The Labute approximate surface area is 127 Å². The van der Waals surface area contributed by atoms with Crippen LogP contribution in [0.2, 0.25) is 0 Å². The van der Waals surface area contributed by atoms with Gasteiger partial charge in [-0.2, -0.15) is 13.2 Å². The number of halogens is 3. The molecule has 1 heterocycles. The molecule has 1 fully saturated rings. The standard InChI is InChI=1S/C15H19F3N2O2/c1-10(2)9-22-12-6-4-3-5-11(12)14(15(16,17)18)20-8-7-13(21)19-20/h3-6,10,14H,7-9H2,1-2H3,(H,19,21). The predicted molar refractivity (Wildman–Crippen MR) is 75.0 cm³/mol. The smallest absolute Gasteiger partial charge is 0.410 e. The van der Waals surface area contributed by atoms with Crippen molar-refractivity contribution in [3.63, 3.8) is 0 Å². The van der Waals surface area contributed by atoms with Crippen LogP contribution in [0.15, 0.2) is 24.3 Å². The average molecular weight is 316 g/mol. The van der Waals surface area contributed by atoms with Crippen molar-refractivity contribution < 1.29 is 22.7 Å². The van der Waals surface area contributed by atoms with Crippen LogP contribution in [0.3, 0.4) is 0 Å². The third-order valence-electron chi connectivity index (χ3n) is 3.26. The first-order valence-corrected chi connectivity index (χ1v) is 7.13. The Morgan fingerprint density at radius 1 is 1.32 bits per heavy atom. The molecule has 0 bridgehead atoms. The number of nitrogens with zero attached hydrogens (tertiary/aromatic N) is 1. The van der Waals surface area contributed by atoms with Crippen molar-refractivity contribution >= 4 is 5.91 Å². The average Bonchev–Trinajstić information content (AvgIpc) is 2.82. The molecule has 1 atom stereocenters. The van der Waals surface area contributed by atoms with Crippen LogP contribution in [-0.2, 0) is 4.79 Å².